The van der Waals surface area contributed by atoms with Crippen LogP contribution >= 0.6 is 33.9 Å². The number of hydrogen-bond donors (Lipinski definition) is 1. The van der Waals surface area contributed by atoms with Gasteiger partial charge in [-0.2, -0.15) is 5.10 Å². The second-order valence-electron chi connectivity index (χ2n) is 3.89. The van der Waals surface area contributed by atoms with Crippen molar-refractivity contribution < 1.29 is 14.3 Å². The number of rotatable bonds is 6. The lowest BCUT2D eigenvalue weighted by Crippen LogP contribution is -2.24. The van der Waals surface area contributed by atoms with E-state index in [2.05, 4.69) is 33.1 Å². The average molecular weight is 416 g/mol. The first-order valence-corrected chi connectivity index (χ1v) is 7.96. The van der Waals surface area contributed by atoms with E-state index in [0.717, 1.165) is 14.2 Å². The topological polar surface area (TPSA) is 59.9 Å². The van der Waals surface area contributed by atoms with Crippen LogP contribution in [-0.4, -0.2) is 25.8 Å². The lowest BCUT2D eigenvalue weighted by Gasteiger charge is -2.08. The molecule has 0 saturated carbocycles. The molecule has 5 nitrogen and oxygen atoms in total. The Bertz CT molecular complexity index is 629. The monoisotopic (exact) mass is 416 g/mol. The number of halogens is 1. The Balaban J connectivity index is 1.81. The number of amides is 1. The third kappa shape index (κ3) is 5.01. The molecule has 1 amide bonds. The highest BCUT2D eigenvalue weighted by molar-refractivity contribution is 14.1. The SMILES string of the molecule is COc1ccc(OCC(=O)N/N=C/c2cccs2)c(I)c1. The summed E-state index contributed by atoms with van der Waals surface area (Å²) in [5.41, 5.74) is 2.42. The fraction of sp³-hybridized carbons (Fsp3) is 0.143. The van der Waals surface area contributed by atoms with Crippen LogP contribution in [0.15, 0.2) is 40.8 Å². The Morgan fingerprint density at radius 2 is 2.33 bits per heavy atom. The van der Waals surface area contributed by atoms with Crippen LogP contribution in [0, 0.1) is 3.57 Å². The number of methoxy groups -OCH3 is 1. The Morgan fingerprint density at radius 1 is 1.48 bits per heavy atom. The fourth-order valence-corrected chi connectivity index (χ4v) is 2.66. The summed E-state index contributed by atoms with van der Waals surface area (Å²) in [6.45, 7) is -0.0931. The molecule has 0 unspecified atom stereocenters. The molecule has 2 rings (SSSR count). The van der Waals surface area contributed by atoms with E-state index in [-0.39, 0.29) is 12.5 Å². The second-order valence-corrected chi connectivity index (χ2v) is 6.04. The van der Waals surface area contributed by atoms with E-state index in [1.807, 2.05) is 23.6 Å². The van der Waals surface area contributed by atoms with Gasteiger partial charge in [-0.3, -0.25) is 4.79 Å². The molecule has 0 atom stereocenters. The van der Waals surface area contributed by atoms with Gasteiger partial charge in [-0.05, 0) is 52.2 Å². The predicted molar refractivity (Wildman–Crippen MR) is 91.3 cm³/mol. The summed E-state index contributed by atoms with van der Waals surface area (Å²) in [5.74, 6) is 1.07. The van der Waals surface area contributed by atoms with E-state index >= 15 is 0 Å². The van der Waals surface area contributed by atoms with Crippen molar-refractivity contribution in [2.45, 2.75) is 0 Å². The first kappa shape index (κ1) is 15.8. The zero-order chi connectivity index (χ0) is 15.1. The second kappa shape index (κ2) is 7.99. The zero-order valence-corrected chi connectivity index (χ0v) is 14.2. The molecule has 0 aliphatic heterocycles. The van der Waals surface area contributed by atoms with Crippen LogP contribution in [0.25, 0.3) is 0 Å². The average Bonchev–Trinajstić information content (AvgIpc) is 2.99. The molecule has 0 aliphatic carbocycles. The van der Waals surface area contributed by atoms with Gasteiger partial charge < -0.3 is 9.47 Å². The molecule has 0 radical (unpaired) electrons. The Labute approximate surface area is 140 Å². The number of ether oxygens (including phenoxy) is 2. The summed E-state index contributed by atoms with van der Waals surface area (Å²) in [5, 5.41) is 5.80. The maximum atomic E-state index is 11.6. The smallest absolute Gasteiger partial charge is 0.277 e. The van der Waals surface area contributed by atoms with Crippen molar-refractivity contribution in [3.05, 3.63) is 44.2 Å². The first-order valence-electron chi connectivity index (χ1n) is 6.01. The van der Waals surface area contributed by atoms with E-state index in [4.69, 9.17) is 9.47 Å². The summed E-state index contributed by atoms with van der Waals surface area (Å²) in [4.78, 5) is 12.6. The molecule has 1 aromatic heterocycles. The van der Waals surface area contributed by atoms with Gasteiger partial charge >= 0.3 is 0 Å². The molecule has 1 heterocycles. The number of benzene rings is 1. The van der Waals surface area contributed by atoms with Crippen molar-refractivity contribution in [2.24, 2.45) is 5.10 Å². The van der Waals surface area contributed by atoms with Crippen LogP contribution in [0.5, 0.6) is 11.5 Å². The highest BCUT2D eigenvalue weighted by Gasteiger charge is 2.06. The Morgan fingerprint density at radius 3 is 3.00 bits per heavy atom. The molecule has 0 spiro atoms. The minimum atomic E-state index is -0.311. The van der Waals surface area contributed by atoms with Crippen molar-refractivity contribution in [3.63, 3.8) is 0 Å². The number of hydrazone groups is 1. The third-order valence-electron chi connectivity index (χ3n) is 2.42. The van der Waals surface area contributed by atoms with Crippen molar-refractivity contribution in [1.29, 1.82) is 0 Å². The number of carbonyl (C=O) groups excluding carboxylic acids is 1. The van der Waals surface area contributed by atoms with Crippen molar-refractivity contribution in [2.75, 3.05) is 13.7 Å². The number of nitrogens with zero attached hydrogens (tertiary/aromatic N) is 1. The molecule has 7 heteroatoms. The zero-order valence-electron chi connectivity index (χ0n) is 11.2. The molecule has 2 aromatic rings. The van der Waals surface area contributed by atoms with Gasteiger partial charge in [-0.1, -0.05) is 6.07 Å². The van der Waals surface area contributed by atoms with E-state index in [9.17, 15) is 4.79 Å². The quantitative estimate of drug-likeness (QED) is 0.448. The lowest BCUT2D eigenvalue weighted by molar-refractivity contribution is -0.123. The van der Waals surface area contributed by atoms with Gasteiger partial charge in [-0.25, -0.2) is 5.43 Å². The summed E-state index contributed by atoms with van der Waals surface area (Å²) >= 11 is 3.67. The summed E-state index contributed by atoms with van der Waals surface area (Å²) < 4.78 is 11.4. The number of thiophene rings is 1. The van der Waals surface area contributed by atoms with Gasteiger partial charge in [0, 0.05) is 4.88 Å². The van der Waals surface area contributed by atoms with Crippen molar-refractivity contribution in [1.82, 2.24) is 5.43 Å². The van der Waals surface area contributed by atoms with Gasteiger partial charge in [0.15, 0.2) is 6.61 Å². The Kier molecular flexibility index (Phi) is 6.00. The number of carbonyl (C=O) groups is 1. The Hall–Kier alpha value is -1.61. The van der Waals surface area contributed by atoms with Crippen molar-refractivity contribution in [3.8, 4) is 11.5 Å². The maximum Gasteiger partial charge on any atom is 0.277 e. The van der Waals surface area contributed by atoms with E-state index in [0.29, 0.717) is 5.75 Å². The molecule has 0 saturated heterocycles. The minimum absolute atomic E-state index is 0.0931. The minimum Gasteiger partial charge on any atom is -0.497 e. The van der Waals surface area contributed by atoms with Crippen molar-refractivity contribution >= 4 is 46.0 Å². The van der Waals surface area contributed by atoms with Crippen LogP contribution in [0.2, 0.25) is 0 Å². The summed E-state index contributed by atoms with van der Waals surface area (Å²) in [7, 11) is 1.60. The molecule has 0 bridgehead atoms. The highest BCUT2D eigenvalue weighted by Crippen LogP contribution is 2.25. The molecule has 110 valence electrons. The van der Waals surface area contributed by atoms with Gasteiger partial charge in [-0.15, -0.1) is 11.3 Å². The van der Waals surface area contributed by atoms with E-state index in [1.54, 1.807) is 36.8 Å². The molecular formula is C14H13IN2O3S. The van der Waals surface area contributed by atoms with Crippen LogP contribution in [0.4, 0.5) is 0 Å². The molecule has 1 N–H and O–H groups in total. The molecular weight excluding hydrogens is 403 g/mol. The summed E-state index contributed by atoms with van der Waals surface area (Å²) in [6.07, 6.45) is 1.60. The van der Waals surface area contributed by atoms with Gasteiger partial charge in [0.2, 0.25) is 0 Å². The lowest BCUT2D eigenvalue weighted by atomic mass is 10.3. The van der Waals surface area contributed by atoms with E-state index < -0.39 is 0 Å². The van der Waals surface area contributed by atoms with Crippen LogP contribution in [0.1, 0.15) is 4.88 Å². The first-order chi connectivity index (χ1) is 10.2. The molecule has 21 heavy (non-hydrogen) atoms. The highest BCUT2D eigenvalue weighted by atomic mass is 127. The number of nitrogens with one attached hydrogen (secondary N) is 1. The standard InChI is InChI=1S/C14H13IN2O3S/c1-19-10-4-5-13(12(15)7-10)20-9-14(18)17-16-8-11-3-2-6-21-11/h2-8H,9H2,1H3,(H,17,18)/b16-8+. The van der Waals surface area contributed by atoms with E-state index in [1.165, 1.54) is 0 Å². The fourth-order valence-electron chi connectivity index (χ4n) is 1.43. The predicted octanol–water partition coefficient (Wildman–Crippen LogP) is 2.89. The van der Waals surface area contributed by atoms with Crippen LogP contribution < -0.4 is 14.9 Å². The molecule has 0 aliphatic rings. The van der Waals surface area contributed by atoms with Crippen LogP contribution in [-0.2, 0) is 4.79 Å². The van der Waals surface area contributed by atoms with Gasteiger partial charge in [0.25, 0.3) is 5.91 Å². The number of hydrogen-bond acceptors (Lipinski definition) is 5. The maximum absolute atomic E-state index is 11.6. The van der Waals surface area contributed by atoms with Gasteiger partial charge in [0.1, 0.15) is 11.5 Å². The normalized spacial score (nSPS) is 10.6. The van der Waals surface area contributed by atoms with Gasteiger partial charge in [0.05, 0.1) is 16.9 Å². The third-order valence-corrected chi connectivity index (χ3v) is 4.07. The van der Waals surface area contributed by atoms with Crippen LogP contribution in [0.3, 0.4) is 0 Å². The molecule has 0 fully saturated rings. The summed E-state index contributed by atoms with van der Waals surface area (Å²) in [6, 6.07) is 9.22. The molecule has 1 aromatic carbocycles. The largest absolute Gasteiger partial charge is 0.497 e.